The number of aromatic nitrogens is 2. The van der Waals surface area contributed by atoms with Crippen LogP contribution in [0, 0.1) is 30.3 Å². The van der Waals surface area contributed by atoms with Crippen LogP contribution in [-0.2, 0) is 9.59 Å². The van der Waals surface area contributed by atoms with E-state index >= 15 is 0 Å². The van der Waals surface area contributed by atoms with Crippen molar-refractivity contribution in [1.82, 2.24) is 14.9 Å². The van der Waals surface area contributed by atoms with E-state index in [0.29, 0.717) is 24.6 Å². The molecular formula is C26H31F3N6O3. The van der Waals surface area contributed by atoms with Crippen LogP contribution in [0.3, 0.4) is 0 Å². The third kappa shape index (κ3) is 6.88. The second-order valence-corrected chi connectivity index (χ2v) is 9.23. The Bertz CT molecular complexity index is 1410. The van der Waals surface area contributed by atoms with Gasteiger partial charge in [-0.3, -0.25) is 19.0 Å². The van der Waals surface area contributed by atoms with Gasteiger partial charge in [0.25, 0.3) is 0 Å². The topological polar surface area (TPSA) is 136 Å². The van der Waals surface area contributed by atoms with E-state index in [1.807, 2.05) is 11.8 Å². The number of aryl methyl sites for hydroxylation is 1. The van der Waals surface area contributed by atoms with Gasteiger partial charge in [0.05, 0.1) is 23.7 Å². The van der Waals surface area contributed by atoms with Gasteiger partial charge in [0, 0.05) is 30.9 Å². The lowest BCUT2D eigenvalue weighted by Crippen LogP contribution is -2.42. The molecule has 38 heavy (non-hydrogen) atoms. The van der Waals surface area contributed by atoms with Crippen LogP contribution in [0.4, 0.5) is 19.0 Å². The molecule has 1 aliphatic carbocycles. The number of benzene rings is 1. The average molecular weight is 533 g/mol. The maximum absolute atomic E-state index is 14.8. The number of fused-ring (bicyclic) bond motifs is 1. The Hall–Kier alpha value is -3.93. The van der Waals surface area contributed by atoms with Crippen LogP contribution in [0.1, 0.15) is 32.3 Å². The molecule has 1 aromatic carbocycles. The highest BCUT2D eigenvalue weighted by Crippen LogP contribution is 2.32. The highest BCUT2D eigenvalue weighted by molar-refractivity contribution is 5.86. The Labute approximate surface area is 217 Å². The van der Waals surface area contributed by atoms with Gasteiger partial charge in [-0.2, -0.15) is 0 Å². The molecule has 1 saturated carbocycles. The van der Waals surface area contributed by atoms with Crippen molar-refractivity contribution >= 4 is 28.7 Å². The number of pyridine rings is 2. The number of hydrogen-bond donors (Lipinski definition) is 3. The van der Waals surface area contributed by atoms with Crippen LogP contribution in [0.25, 0.3) is 16.7 Å². The predicted octanol–water partition coefficient (Wildman–Crippen LogP) is 2.28. The summed E-state index contributed by atoms with van der Waals surface area (Å²) in [6.07, 6.45) is 3.67. The molecular weight excluding hydrogens is 501 g/mol. The number of anilines is 1. The number of amides is 2. The molecule has 1 fully saturated rings. The minimum Gasteiger partial charge on any atom is -0.368 e. The van der Waals surface area contributed by atoms with Crippen LogP contribution in [0.2, 0.25) is 0 Å². The van der Waals surface area contributed by atoms with Crippen LogP contribution in [0.5, 0.6) is 0 Å². The Balaban J connectivity index is 0.000000342. The maximum atomic E-state index is 14.8. The highest BCUT2D eigenvalue weighted by Gasteiger charge is 2.26. The van der Waals surface area contributed by atoms with Crippen molar-refractivity contribution in [3.05, 3.63) is 63.7 Å². The molecule has 0 aliphatic heterocycles. The van der Waals surface area contributed by atoms with E-state index in [-0.39, 0.29) is 40.4 Å². The number of nitrogens with two attached hydrogens (primary N) is 2. The molecule has 0 bridgehead atoms. The average Bonchev–Trinajstić information content (AvgIpc) is 3.68. The van der Waals surface area contributed by atoms with Gasteiger partial charge in [0.15, 0.2) is 22.7 Å². The molecule has 204 valence electrons. The molecule has 2 aromatic heterocycles. The number of halogens is 3. The van der Waals surface area contributed by atoms with Gasteiger partial charge in [-0.05, 0) is 57.7 Å². The smallest absolute Gasteiger partial charge is 0.237 e. The molecule has 0 unspecified atom stereocenters. The predicted molar refractivity (Wildman–Crippen MR) is 138 cm³/mol. The number of nitrogens with one attached hydrogen (secondary N) is 1. The molecule has 12 heteroatoms. The Morgan fingerprint density at radius 3 is 2.45 bits per heavy atom. The summed E-state index contributed by atoms with van der Waals surface area (Å²) >= 11 is 0. The summed E-state index contributed by atoms with van der Waals surface area (Å²) < 4.78 is 44.0. The first-order chi connectivity index (χ1) is 17.9. The van der Waals surface area contributed by atoms with Crippen molar-refractivity contribution in [2.24, 2.45) is 17.4 Å². The van der Waals surface area contributed by atoms with Crippen molar-refractivity contribution in [1.29, 1.82) is 0 Å². The summed E-state index contributed by atoms with van der Waals surface area (Å²) in [6.45, 7) is 6.10. The zero-order valence-electron chi connectivity index (χ0n) is 21.4. The monoisotopic (exact) mass is 532 g/mol. The second-order valence-electron chi connectivity index (χ2n) is 9.23. The number of rotatable bonds is 8. The zero-order valence-corrected chi connectivity index (χ0v) is 21.4. The summed E-state index contributed by atoms with van der Waals surface area (Å²) in [5, 5.41) is 2.31. The van der Waals surface area contributed by atoms with Crippen molar-refractivity contribution in [3.8, 4) is 5.69 Å². The Morgan fingerprint density at radius 1 is 1.21 bits per heavy atom. The SMILES string of the molecule is CCN(CC1CC1)c1nc2c(cc1F)c(=O)c(C)cn2-c1ccc(F)cc1F.C[C@H](N)C(=O)NCC(N)=O. The van der Waals surface area contributed by atoms with Gasteiger partial charge in [0.1, 0.15) is 11.6 Å². The lowest BCUT2D eigenvalue weighted by Gasteiger charge is -2.23. The van der Waals surface area contributed by atoms with Crippen molar-refractivity contribution in [2.75, 3.05) is 24.5 Å². The van der Waals surface area contributed by atoms with E-state index in [9.17, 15) is 27.6 Å². The molecule has 2 amide bonds. The van der Waals surface area contributed by atoms with Gasteiger partial charge in [-0.25, -0.2) is 18.2 Å². The van der Waals surface area contributed by atoms with E-state index in [4.69, 9.17) is 11.5 Å². The molecule has 9 nitrogen and oxygen atoms in total. The van der Waals surface area contributed by atoms with Crippen molar-refractivity contribution in [2.45, 2.75) is 39.7 Å². The highest BCUT2D eigenvalue weighted by atomic mass is 19.1. The molecule has 1 atom stereocenters. The first-order valence-corrected chi connectivity index (χ1v) is 12.2. The van der Waals surface area contributed by atoms with Gasteiger partial charge in [-0.15, -0.1) is 0 Å². The van der Waals surface area contributed by atoms with E-state index in [1.54, 1.807) is 6.92 Å². The molecule has 5 N–H and O–H groups in total. The lowest BCUT2D eigenvalue weighted by atomic mass is 10.2. The van der Waals surface area contributed by atoms with Gasteiger partial charge in [0.2, 0.25) is 11.8 Å². The summed E-state index contributed by atoms with van der Waals surface area (Å²) in [7, 11) is 0. The third-order valence-electron chi connectivity index (χ3n) is 5.97. The molecule has 3 aromatic rings. The van der Waals surface area contributed by atoms with E-state index < -0.39 is 29.4 Å². The van der Waals surface area contributed by atoms with Gasteiger partial charge >= 0.3 is 0 Å². The lowest BCUT2D eigenvalue weighted by molar-refractivity contribution is -0.125. The Morgan fingerprint density at radius 2 is 1.89 bits per heavy atom. The molecule has 2 heterocycles. The summed E-state index contributed by atoms with van der Waals surface area (Å²) in [6, 6.07) is 3.75. The first kappa shape index (κ1) is 28.6. The van der Waals surface area contributed by atoms with Crippen LogP contribution < -0.4 is 27.1 Å². The second kappa shape index (κ2) is 12.1. The number of hydrogen-bond acceptors (Lipinski definition) is 6. The van der Waals surface area contributed by atoms with Crippen molar-refractivity contribution in [3.63, 3.8) is 0 Å². The number of carbonyl (C=O) groups is 2. The first-order valence-electron chi connectivity index (χ1n) is 12.2. The third-order valence-corrected chi connectivity index (χ3v) is 5.97. The fourth-order valence-corrected chi connectivity index (χ4v) is 3.74. The minimum atomic E-state index is -0.789. The zero-order chi connectivity index (χ0) is 28.1. The Kier molecular flexibility index (Phi) is 9.10. The minimum absolute atomic E-state index is 0.0461. The standard InChI is InChI=1S/C21H20F3N3O.C5H11N3O2/c1-3-26(11-13-4-5-13)21-17(24)9-15-19(28)12(2)10-27(20(15)25-21)18-7-6-14(22)8-16(18)23;1-3(6)5(10)8-2-4(7)9/h6-10,13H,3-5,11H2,1-2H3;3H,2,6H2,1H3,(H2,7,9)(H,8,10)/t;3-/m.0/s1. The summed E-state index contributed by atoms with van der Waals surface area (Å²) in [5.74, 6) is -2.36. The normalized spacial score (nSPS) is 13.4. The summed E-state index contributed by atoms with van der Waals surface area (Å²) in [5.41, 5.74) is 10.0. The van der Waals surface area contributed by atoms with E-state index in [1.165, 1.54) is 29.8 Å². The van der Waals surface area contributed by atoms with Crippen LogP contribution in [0.15, 0.2) is 35.3 Å². The quantitative estimate of drug-likeness (QED) is 0.407. The number of nitrogens with zero attached hydrogens (tertiary/aromatic N) is 3. The van der Waals surface area contributed by atoms with E-state index in [2.05, 4.69) is 10.3 Å². The fourth-order valence-electron chi connectivity index (χ4n) is 3.74. The molecule has 0 saturated heterocycles. The van der Waals surface area contributed by atoms with Crippen molar-refractivity contribution < 1.29 is 22.8 Å². The van der Waals surface area contributed by atoms with E-state index in [0.717, 1.165) is 25.0 Å². The largest absolute Gasteiger partial charge is 0.368 e. The van der Waals surface area contributed by atoms with Gasteiger partial charge in [-0.1, -0.05) is 0 Å². The summed E-state index contributed by atoms with van der Waals surface area (Å²) in [4.78, 5) is 39.5. The van der Waals surface area contributed by atoms with Crippen LogP contribution in [-0.4, -0.2) is 47.0 Å². The number of carbonyl (C=O) groups excluding carboxylic acids is 2. The maximum Gasteiger partial charge on any atom is 0.237 e. The molecule has 1 aliphatic rings. The molecule has 0 radical (unpaired) electrons. The molecule has 4 rings (SSSR count). The number of primary amides is 1. The fraction of sp³-hybridized carbons (Fsp3) is 0.385. The van der Waals surface area contributed by atoms with Gasteiger partial charge < -0.3 is 21.7 Å². The van der Waals surface area contributed by atoms with Crippen LogP contribution >= 0.6 is 0 Å². The molecule has 0 spiro atoms.